The molecular weight excluding hydrogens is 244 g/mol. The van der Waals surface area contributed by atoms with Crippen LogP contribution in [-0.4, -0.2) is 12.0 Å². The topological polar surface area (TPSA) is 24.9 Å². The number of benzene rings is 2. The van der Waals surface area contributed by atoms with E-state index in [0.717, 1.165) is 5.69 Å². The van der Waals surface area contributed by atoms with Crippen molar-refractivity contribution in [3.63, 3.8) is 0 Å². The highest BCUT2D eigenvalue weighted by molar-refractivity contribution is 5.86. The van der Waals surface area contributed by atoms with Crippen molar-refractivity contribution in [1.82, 2.24) is 10.3 Å². The zero-order valence-corrected chi connectivity index (χ0v) is 11.8. The Morgan fingerprint density at radius 2 is 1.75 bits per heavy atom. The van der Waals surface area contributed by atoms with Gasteiger partial charge in [-0.25, -0.2) is 0 Å². The van der Waals surface area contributed by atoms with Gasteiger partial charge in [0.05, 0.1) is 11.7 Å². The first-order valence-corrected chi connectivity index (χ1v) is 6.87. The lowest BCUT2D eigenvalue weighted by Gasteiger charge is -2.20. The van der Waals surface area contributed by atoms with Crippen molar-refractivity contribution in [3.8, 4) is 0 Å². The van der Waals surface area contributed by atoms with Crippen LogP contribution in [0.25, 0.3) is 10.8 Å². The summed E-state index contributed by atoms with van der Waals surface area (Å²) in [5.74, 6) is 0. The first kappa shape index (κ1) is 12.8. The molecule has 2 aromatic carbocycles. The van der Waals surface area contributed by atoms with Gasteiger partial charge in [0.2, 0.25) is 0 Å². The van der Waals surface area contributed by atoms with Crippen LogP contribution in [0.15, 0.2) is 60.8 Å². The van der Waals surface area contributed by atoms with Gasteiger partial charge in [-0.15, -0.1) is 0 Å². The lowest BCUT2D eigenvalue weighted by molar-refractivity contribution is 0.670. The van der Waals surface area contributed by atoms with Crippen molar-refractivity contribution in [1.29, 1.82) is 0 Å². The van der Waals surface area contributed by atoms with Crippen LogP contribution in [0.2, 0.25) is 0 Å². The van der Waals surface area contributed by atoms with Crippen LogP contribution >= 0.6 is 0 Å². The van der Waals surface area contributed by atoms with E-state index in [1.165, 1.54) is 21.9 Å². The number of aryl methyl sites for hydroxylation is 1. The van der Waals surface area contributed by atoms with E-state index in [9.17, 15) is 0 Å². The Bertz CT molecular complexity index is 729. The molecule has 0 aliphatic carbocycles. The van der Waals surface area contributed by atoms with Gasteiger partial charge in [-0.05, 0) is 41.9 Å². The second-order valence-electron chi connectivity index (χ2n) is 5.00. The molecule has 0 aliphatic rings. The molecule has 2 heteroatoms. The first-order valence-electron chi connectivity index (χ1n) is 6.87. The van der Waals surface area contributed by atoms with Crippen molar-refractivity contribution >= 4 is 10.8 Å². The molecule has 0 fully saturated rings. The largest absolute Gasteiger partial charge is 0.308 e. The molecule has 0 saturated heterocycles. The SMILES string of the molecule is CNC(c1ncccc1C)c1cccc2ccccc12. The van der Waals surface area contributed by atoms with Gasteiger partial charge >= 0.3 is 0 Å². The predicted octanol–water partition coefficient (Wildman–Crippen LogP) is 3.85. The van der Waals surface area contributed by atoms with Crippen LogP contribution in [0.1, 0.15) is 22.9 Å². The van der Waals surface area contributed by atoms with E-state index in [4.69, 9.17) is 0 Å². The van der Waals surface area contributed by atoms with E-state index < -0.39 is 0 Å². The van der Waals surface area contributed by atoms with Crippen molar-refractivity contribution in [2.24, 2.45) is 0 Å². The monoisotopic (exact) mass is 262 g/mol. The summed E-state index contributed by atoms with van der Waals surface area (Å²) < 4.78 is 0. The molecular formula is C18H18N2. The van der Waals surface area contributed by atoms with Crippen molar-refractivity contribution in [3.05, 3.63) is 77.6 Å². The molecule has 2 nitrogen and oxygen atoms in total. The molecule has 20 heavy (non-hydrogen) atoms. The minimum atomic E-state index is 0.113. The summed E-state index contributed by atoms with van der Waals surface area (Å²) >= 11 is 0. The van der Waals surface area contributed by atoms with Crippen LogP contribution < -0.4 is 5.32 Å². The third-order valence-electron chi connectivity index (χ3n) is 3.75. The van der Waals surface area contributed by atoms with E-state index in [-0.39, 0.29) is 6.04 Å². The first-order chi connectivity index (χ1) is 9.81. The molecule has 1 atom stereocenters. The third-order valence-corrected chi connectivity index (χ3v) is 3.75. The van der Waals surface area contributed by atoms with Gasteiger partial charge in [-0.3, -0.25) is 4.98 Å². The number of fused-ring (bicyclic) bond motifs is 1. The summed E-state index contributed by atoms with van der Waals surface area (Å²) in [7, 11) is 1.99. The van der Waals surface area contributed by atoms with E-state index in [2.05, 4.69) is 65.8 Å². The van der Waals surface area contributed by atoms with E-state index in [1.54, 1.807) is 0 Å². The summed E-state index contributed by atoms with van der Waals surface area (Å²) in [5, 5.41) is 5.95. The summed E-state index contributed by atoms with van der Waals surface area (Å²) in [6.45, 7) is 2.11. The second-order valence-corrected chi connectivity index (χ2v) is 5.00. The maximum absolute atomic E-state index is 4.57. The molecule has 1 unspecified atom stereocenters. The molecule has 1 aromatic heterocycles. The summed E-state index contributed by atoms with van der Waals surface area (Å²) in [4.78, 5) is 4.57. The Kier molecular flexibility index (Phi) is 3.48. The zero-order chi connectivity index (χ0) is 13.9. The van der Waals surface area contributed by atoms with Gasteiger partial charge in [-0.1, -0.05) is 48.5 Å². The molecule has 0 saturated carbocycles. The summed E-state index contributed by atoms with van der Waals surface area (Å²) in [5.41, 5.74) is 3.57. The molecule has 1 heterocycles. The maximum atomic E-state index is 4.57. The van der Waals surface area contributed by atoms with Gasteiger partial charge in [0, 0.05) is 6.20 Å². The van der Waals surface area contributed by atoms with Crippen molar-refractivity contribution in [2.75, 3.05) is 7.05 Å². The van der Waals surface area contributed by atoms with Crippen molar-refractivity contribution < 1.29 is 0 Å². The van der Waals surface area contributed by atoms with Crippen LogP contribution in [0.5, 0.6) is 0 Å². The highest BCUT2D eigenvalue weighted by atomic mass is 14.9. The molecule has 0 bridgehead atoms. The molecule has 0 radical (unpaired) electrons. The Labute approximate surface area is 119 Å². The number of nitrogens with zero attached hydrogens (tertiary/aromatic N) is 1. The molecule has 100 valence electrons. The van der Waals surface area contributed by atoms with Crippen LogP contribution in [0.4, 0.5) is 0 Å². The minimum absolute atomic E-state index is 0.113. The molecule has 0 spiro atoms. The quantitative estimate of drug-likeness (QED) is 0.775. The van der Waals surface area contributed by atoms with E-state index >= 15 is 0 Å². The van der Waals surface area contributed by atoms with Gasteiger partial charge in [-0.2, -0.15) is 0 Å². The fourth-order valence-corrected chi connectivity index (χ4v) is 2.74. The molecule has 3 rings (SSSR count). The molecule has 0 aliphatic heterocycles. The highest BCUT2D eigenvalue weighted by Gasteiger charge is 2.17. The Morgan fingerprint density at radius 1 is 0.950 bits per heavy atom. The number of aromatic nitrogens is 1. The smallest absolute Gasteiger partial charge is 0.0757 e. The van der Waals surface area contributed by atoms with Crippen LogP contribution in [0, 0.1) is 6.92 Å². The normalized spacial score (nSPS) is 12.5. The average molecular weight is 262 g/mol. The number of nitrogens with one attached hydrogen (secondary N) is 1. The fourth-order valence-electron chi connectivity index (χ4n) is 2.74. The van der Waals surface area contributed by atoms with Crippen LogP contribution in [-0.2, 0) is 0 Å². The lowest BCUT2D eigenvalue weighted by Crippen LogP contribution is -2.20. The molecule has 3 aromatic rings. The van der Waals surface area contributed by atoms with Gasteiger partial charge < -0.3 is 5.32 Å². The van der Waals surface area contributed by atoms with Crippen molar-refractivity contribution in [2.45, 2.75) is 13.0 Å². The minimum Gasteiger partial charge on any atom is -0.308 e. The lowest BCUT2D eigenvalue weighted by atomic mass is 9.95. The van der Waals surface area contributed by atoms with Gasteiger partial charge in [0.25, 0.3) is 0 Å². The summed E-state index contributed by atoms with van der Waals surface area (Å²) in [6.07, 6.45) is 1.86. The molecule has 0 amide bonds. The predicted molar refractivity (Wildman–Crippen MR) is 83.8 cm³/mol. The Balaban J connectivity index is 2.20. The maximum Gasteiger partial charge on any atom is 0.0757 e. The van der Waals surface area contributed by atoms with E-state index in [0.29, 0.717) is 0 Å². The van der Waals surface area contributed by atoms with Crippen LogP contribution in [0.3, 0.4) is 0 Å². The number of rotatable bonds is 3. The van der Waals surface area contributed by atoms with Gasteiger partial charge in [0.1, 0.15) is 0 Å². The number of hydrogen-bond acceptors (Lipinski definition) is 2. The van der Waals surface area contributed by atoms with E-state index in [1.807, 2.05) is 19.3 Å². The summed E-state index contributed by atoms with van der Waals surface area (Å²) in [6, 6.07) is 19.1. The number of pyridine rings is 1. The fraction of sp³-hybridized carbons (Fsp3) is 0.167. The Morgan fingerprint density at radius 3 is 2.55 bits per heavy atom. The average Bonchev–Trinajstić information content (AvgIpc) is 2.50. The standard InChI is InChI=1S/C18H18N2/c1-13-7-6-12-20-17(13)18(19-2)16-11-5-9-14-8-3-4-10-15(14)16/h3-12,18-19H,1-2H3. The molecule has 1 N–H and O–H groups in total. The highest BCUT2D eigenvalue weighted by Crippen LogP contribution is 2.29. The second kappa shape index (κ2) is 5.43. The third kappa shape index (κ3) is 2.19. The zero-order valence-electron chi connectivity index (χ0n) is 11.8. The Hall–Kier alpha value is -2.19. The van der Waals surface area contributed by atoms with Gasteiger partial charge in [0.15, 0.2) is 0 Å². The number of hydrogen-bond donors (Lipinski definition) is 1.